The van der Waals surface area contributed by atoms with Gasteiger partial charge in [-0.05, 0) is 58.3 Å². The summed E-state index contributed by atoms with van der Waals surface area (Å²) in [5.74, 6) is 1.29. The maximum Gasteiger partial charge on any atom is 0.317 e. The molecule has 0 bridgehead atoms. The van der Waals surface area contributed by atoms with Crippen molar-refractivity contribution in [2.45, 2.75) is 58.0 Å². The minimum absolute atomic E-state index is 0.0951. The van der Waals surface area contributed by atoms with Crippen molar-refractivity contribution in [3.8, 4) is 0 Å². The van der Waals surface area contributed by atoms with Gasteiger partial charge in [-0.2, -0.15) is 0 Å². The second kappa shape index (κ2) is 9.04. The molecule has 1 saturated carbocycles. The van der Waals surface area contributed by atoms with Gasteiger partial charge in [0.05, 0.1) is 0 Å². The lowest BCUT2D eigenvalue weighted by Crippen LogP contribution is -2.50. The second-order valence-corrected chi connectivity index (χ2v) is 8.26. The summed E-state index contributed by atoms with van der Waals surface area (Å²) >= 11 is 0. The molecule has 2 fully saturated rings. The summed E-state index contributed by atoms with van der Waals surface area (Å²) < 4.78 is 0. The number of carbonyl (C=O) groups excluding carboxylic acids is 1. The molecule has 5 nitrogen and oxygen atoms in total. The molecule has 0 aromatic rings. The van der Waals surface area contributed by atoms with Gasteiger partial charge in [0, 0.05) is 32.2 Å². The molecule has 24 heavy (non-hydrogen) atoms. The Hall–Kier alpha value is -0.810. The number of rotatable bonds is 5. The van der Waals surface area contributed by atoms with Gasteiger partial charge in [-0.1, -0.05) is 26.7 Å². The van der Waals surface area contributed by atoms with E-state index in [-0.39, 0.29) is 6.03 Å². The molecule has 1 saturated heterocycles. The smallest absolute Gasteiger partial charge is 0.317 e. The first-order valence-corrected chi connectivity index (χ1v) is 9.79. The highest BCUT2D eigenvalue weighted by atomic mass is 16.2. The summed E-state index contributed by atoms with van der Waals surface area (Å²) in [5, 5.41) is 3.27. The number of hydrogen-bond acceptors (Lipinski definition) is 3. The molecule has 2 rings (SSSR count). The first-order valence-electron chi connectivity index (χ1n) is 9.79. The summed E-state index contributed by atoms with van der Waals surface area (Å²) in [5.41, 5.74) is 0. The molecule has 1 aliphatic heterocycles. The molecule has 1 heterocycles. The number of urea groups is 1. The van der Waals surface area contributed by atoms with E-state index in [0.717, 1.165) is 19.5 Å². The largest absolute Gasteiger partial charge is 0.335 e. The van der Waals surface area contributed by atoms with Gasteiger partial charge in [0.25, 0.3) is 0 Å². The highest BCUT2D eigenvalue weighted by Crippen LogP contribution is 2.29. The quantitative estimate of drug-likeness (QED) is 0.837. The Morgan fingerprint density at radius 2 is 1.75 bits per heavy atom. The van der Waals surface area contributed by atoms with Crippen LogP contribution in [0.4, 0.5) is 4.79 Å². The predicted molar refractivity (Wildman–Crippen MR) is 100 cm³/mol. The van der Waals surface area contributed by atoms with Gasteiger partial charge in [-0.3, -0.25) is 0 Å². The summed E-state index contributed by atoms with van der Waals surface area (Å²) in [6.07, 6.45) is 6.13. The number of nitrogens with zero attached hydrogens (tertiary/aromatic N) is 3. The highest BCUT2D eigenvalue weighted by Gasteiger charge is 2.29. The minimum atomic E-state index is 0.0951. The van der Waals surface area contributed by atoms with Crippen LogP contribution in [0, 0.1) is 11.8 Å². The number of amides is 2. The average Bonchev–Trinajstić information content (AvgIpc) is 2.57. The lowest BCUT2D eigenvalue weighted by Gasteiger charge is -2.37. The maximum atomic E-state index is 12.5. The van der Waals surface area contributed by atoms with Crippen molar-refractivity contribution in [1.82, 2.24) is 20.0 Å². The van der Waals surface area contributed by atoms with Gasteiger partial charge in [-0.25, -0.2) is 4.79 Å². The Bertz CT molecular complexity index is 395. The zero-order valence-corrected chi connectivity index (χ0v) is 16.4. The van der Waals surface area contributed by atoms with E-state index < -0.39 is 0 Å². The van der Waals surface area contributed by atoms with Crippen LogP contribution in [0.15, 0.2) is 0 Å². The Labute approximate surface area is 148 Å². The third-order valence-electron chi connectivity index (χ3n) is 6.46. The highest BCUT2D eigenvalue weighted by molar-refractivity contribution is 5.74. The Balaban J connectivity index is 1.71. The summed E-state index contributed by atoms with van der Waals surface area (Å²) in [4.78, 5) is 19.2. The van der Waals surface area contributed by atoms with Crippen LogP contribution >= 0.6 is 0 Å². The Morgan fingerprint density at radius 1 is 1.08 bits per heavy atom. The van der Waals surface area contributed by atoms with E-state index in [2.05, 4.69) is 43.1 Å². The van der Waals surface area contributed by atoms with E-state index in [0.29, 0.717) is 23.9 Å². The lowest BCUT2D eigenvalue weighted by atomic mass is 9.78. The van der Waals surface area contributed by atoms with E-state index in [1.807, 2.05) is 11.9 Å². The molecular formula is C19H38N4O. The monoisotopic (exact) mass is 338 g/mol. The first kappa shape index (κ1) is 19.5. The third-order valence-corrected chi connectivity index (χ3v) is 6.46. The van der Waals surface area contributed by atoms with E-state index in [1.165, 1.54) is 38.8 Å². The van der Waals surface area contributed by atoms with Gasteiger partial charge >= 0.3 is 6.03 Å². The van der Waals surface area contributed by atoms with Crippen molar-refractivity contribution in [1.29, 1.82) is 0 Å². The maximum absolute atomic E-state index is 12.5. The molecule has 2 aliphatic rings. The molecule has 0 radical (unpaired) electrons. The third kappa shape index (κ3) is 5.35. The van der Waals surface area contributed by atoms with Crippen LogP contribution < -0.4 is 5.32 Å². The number of piperidine rings is 1. The number of carbonyl (C=O) groups is 1. The normalized spacial score (nSPS) is 29.7. The lowest BCUT2D eigenvalue weighted by molar-refractivity contribution is 0.132. The van der Waals surface area contributed by atoms with Crippen LogP contribution in [0.3, 0.4) is 0 Å². The van der Waals surface area contributed by atoms with Crippen molar-refractivity contribution >= 4 is 6.03 Å². The molecule has 2 amide bonds. The summed E-state index contributed by atoms with van der Waals surface area (Å²) in [6, 6.07) is 1.10. The standard InChI is InChI=1S/C19H38N4O/c1-15-7-6-8-18(16(15)2)20-19(24)23(5)14-13-22(4)17-9-11-21(3)12-10-17/h15-18H,6-14H2,1-5H3,(H,20,24)/t15-,16-,18+/m1/s1. The number of nitrogens with one attached hydrogen (secondary N) is 1. The molecule has 140 valence electrons. The van der Waals surface area contributed by atoms with Crippen molar-refractivity contribution < 1.29 is 4.79 Å². The van der Waals surface area contributed by atoms with Crippen molar-refractivity contribution in [2.24, 2.45) is 11.8 Å². The number of likely N-dealkylation sites (N-methyl/N-ethyl adjacent to an activating group) is 2. The Kier molecular flexibility index (Phi) is 7.35. The van der Waals surface area contributed by atoms with Crippen LogP contribution in [-0.2, 0) is 0 Å². The Morgan fingerprint density at radius 3 is 2.42 bits per heavy atom. The molecule has 0 unspecified atom stereocenters. The van der Waals surface area contributed by atoms with Crippen LogP contribution in [-0.4, -0.2) is 80.1 Å². The fourth-order valence-corrected chi connectivity index (χ4v) is 4.08. The number of likely N-dealkylation sites (tertiary alicyclic amines) is 1. The SMILES string of the molecule is C[C@@H]1[C@H](C)CCC[C@@H]1NC(=O)N(C)CCN(C)C1CCN(C)CC1. The van der Waals surface area contributed by atoms with E-state index >= 15 is 0 Å². The minimum Gasteiger partial charge on any atom is -0.335 e. The van der Waals surface area contributed by atoms with Gasteiger partial charge < -0.3 is 20.0 Å². The van der Waals surface area contributed by atoms with Crippen LogP contribution in [0.2, 0.25) is 0 Å². The average molecular weight is 339 g/mol. The fraction of sp³-hybridized carbons (Fsp3) is 0.947. The topological polar surface area (TPSA) is 38.8 Å². The van der Waals surface area contributed by atoms with Crippen LogP contribution in [0.5, 0.6) is 0 Å². The molecule has 0 aromatic heterocycles. The van der Waals surface area contributed by atoms with E-state index in [9.17, 15) is 4.79 Å². The molecule has 5 heteroatoms. The van der Waals surface area contributed by atoms with E-state index in [4.69, 9.17) is 0 Å². The van der Waals surface area contributed by atoms with E-state index in [1.54, 1.807) is 0 Å². The van der Waals surface area contributed by atoms with Crippen molar-refractivity contribution in [3.05, 3.63) is 0 Å². The number of hydrogen-bond donors (Lipinski definition) is 1. The van der Waals surface area contributed by atoms with Gasteiger partial charge in [0.2, 0.25) is 0 Å². The van der Waals surface area contributed by atoms with Gasteiger partial charge in [-0.15, -0.1) is 0 Å². The summed E-state index contributed by atoms with van der Waals surface area (Å²) in [7, 11) is 6.32. The molecule has 1 aliphatic carbocycles. The van der Waals surface area contributed by atoms with Crippen molar-refractivity contribution in [3.63, 3.8) is 0 Å². The molecule has 0 aromatic carbocycles. The fourth-order valence-electron chi connectivity index (χ4n) is 4.08. The molecule has 3 atom stereocenters. The van der Waals surface area contributed by atoms with Gasteiger partial charge in [0.1, 0.15) is 0 Å². The predicted octanol–water partition coefficient (Wildman–Crippen LogP) is 2.48. The second-order valence-electron chi connectivity index (χ2n) is 8.26. The molecule has 0 spiro atoms. The van der Waals surface area contributed by atoms with Crippen molar-refractivity contribution in [2.75, 3.05) is 47.3 Å². The summed E-state index contributed by atoms with van der Waals surface area (Å²) in [6.45, 7) is 8.71. The zero-order chi connectivity index (χ0) is 17.7. The molecule has 1 N–H and O–H groups in total. The van der Waals surface area contributed by atoms with Gasteiger partial charge in [0.15, 0.2) is 0 Å². The molecular weight excluding hydrogens is 300 g/mol. The first-order chi connectivity index (χ1) is 11.4. The zero-order valence-electron chi connectivity index (χ0n) is 16.4. The van der Waals surface area contributed by atoms with Crippen LogP contribution in [0.1, 0.15) is 46.0 Å². The van der Waals surface area contributed by atoms with Crippen LogP contribution in [0.25, 0.3) is 0 Å².